The summed E-state index contributed by atoms with van der Waals surface area (Å²) in [5.74, 6) is 0.152. The van der Waals surface area contributed by atoms with Crippen molar-refractivity contribution in [1.29, 1.82) is 5.26 Å². The van der Waals surface area contributed by atoms with Gasteiger partial charge in [0.2, 0.25) is 5.91 Å². The van der Waals surface area contributed by atoms with Crippen LogP contribution in [0.1, 0.15) is 43.2 Å². The summed E-state index contributed by atoms with van der Waals surface area (Å²) in [4.78, 5) is 16.8. The van der Waals surface area contributed by atoms with Crippen LogP contribution in [0.5, 0.6) is 0 Å². The van der Waals surface area contributed by atoms with Crippen molar-refractivity contribution in [3.8, 4) is 11.8 Å². The lowest BCUT2D eigenvalue weighted by molar-refractivity contribution is -0.120. The third-order valence-corrected chi connectivity index (χ3v) is 5.69. The number of thioether (sulfide) groups is 1. The normalized spacial score (nSPS) is 16.0. The Hall–Kier alpha value is -2.26. The van der Waals surface area contributed by atoms with Crippen LogP contribution in [0.2, 0.25) is 0 Å². The van der Waals surface area contributed by atoms with Crippen molar-refractivity contribution >= 4 is 17.7 Å². The van der Waals surface area contributed by atoms with E-state index >= 15 is 0 Å². The van der Waals surface area contributed by atoms with Crippen LogP contribution in [0, 0.1) is 25.2 Å². The van der Waals surface area contributed by atoms with Gasteiger partial charge in [-0.3, -0.25) is 9.36 Å². The van der Waals surface area contributed by atoms with E-state index in [9.17, 15) is 10.1 Å². The van der Waals surface area contributed by atoms with E-state index < -0.39 is 5.54 Å². The van der Waals surface area contributed by atoms with Gasteiger partial charge in [-0.25, -0.2) is 4.98 Å². The number of nitriles is 1. The van der Waals surface area contributed by atoms with E-state index in [2.05, 4.69) is 48.4 Å². The van der Waals surface area contributed by atoms with Crippen LogP contribution in [-0.2, 0) is 4.79 Å². The van der Waals surface area contributed by atoms with Gasteiger partial charge in [0.25, 0.3) is 0 Å². The molecule has 1 amide bonds. The molecule has 6 heteroatoms. The number of nitrogens with one attached hydrogen (secondary N) is 1. The topological polar surface area (TPSA) is 70.7 Å². The standard InChI is InChI=1S/C20H24N4OS/c1-15-10-16(2)12-17(11-15)24-9-8-22-19(24)26-13-18(25)23-20(14-21)6-4-3-5-7-20/h8-12H,3-7,13H2,1-2H3,(H,23,25). The number of aromatic nitrogens is 2. The molecule has 0 saturated heterocycles. The fourth-order valence-electron chi connectivity index (χ4n) is 3.54. The highest BCUT2D eigenvalue weighted by molar-refractivity contribution is 7.99. The van der Waals surface area contributed by atoms with Crippen molar-refractivity contribution in [2.24, 2.45) is 0 Å². The van der Waals surface area contributed by atoms with E-state index in [0.29, 0.717) is 0 Å². The van der Waals surface area contributed by atoms with Crippen LogP contribution in [0.3, 0.4) is 0 Å². The second-order valence-corrected chi connectivity index (χ2v) is 7.96. The van der Waals surface area contributed by atoms with Crippen molar-refractivity contribution in [3.05, 3.63) is 41.7 Å². The second-order valence-electron chi connectivity index (χ2n) is 7.02. The number of amides is 1. The minimum Gasteiger partial charge on any atom is -0.337 e. The first-order chi connectivity index (χ1) is 12.5. The zero-order valence-electron chi connectivity index (χ0n) is 15.3. The second kappa shape index (κ2) is 7.96. The van der Waals surface area contributed by atoms with Gasteiger partial charge in [-0.15, -0.1) is 0 Å². The zero-order valence-corrected chi connectivity index (χ0v) is 16.1. The molecular weight excluding hydrogens is 344 g/mol. The average molecular weight is 369 g/mol. The van der Waals surface area contributed by atoms with E-state index in [1.54, 1.807) is 6.20 Å². The molecule has 136 valence electrons. The Balaban J connectivity index is 1.66. The van der Waals surface area contributed by atoms with Crippen molar-refractivity contribution in [2.45, 2.75) is 56.6 Å². The fourth-order valence-corrected chi connectivity index (χ4v) is 4.31. The maximum Gasteiger partial charge on any atom is 0.231 e. The quantitative estimate of drug-likeness (QED) is 0.812. The van der Waals surface area contributed by atoms with E-state index in [-0.39, 0.29) is 11.7 Å². The molecule has 26 heavy (non-hydrogen) atoms. The molecule has 0 radical (unpaired) electrons. The Bertz CT molecular complexity index is 810. The van der Waals surface area contributed by atoms with E-state index in [1.807, 2.05) is 10.8 Å². The molecule has 3 rings (SSSR count). The highest BCUT2D eigenvalue weighted by Gasteiger charge is 2.33. The monoisotopic (exact) mass is 368 g/mol. The van der Waals surface area contributed by atoms with Gasteiger partial charge in [0.05, 0.1) is 11.8 Å². The van der Waals surface area contributed by atoms with Gasteiger partial charge >= 0.3 is 0 Å². The number of nitrogens with zero attached hydrogens (tertiary/aromatic N) is 3. The minimum absolute atomic E-state index is 0.103. The molecule has 0 aliphatic heterocycles. The Morgan fingerprint density at radius 1 is 1.27 bits per heavy atom. The smallest absolute Gasteiger partial charge is 0.231 e. The third kappa shape index (κ3) is 4.28. The van der Waals surface area contributed by atoms with Crippen LogP contribution in [0.4, 0.5) is 0 Å². The van der Waals surface area contributed by atoms with Gasteiger partial charge in [-0.05, 0) is 49.9 Å². The van der Waals surface area contributed by atoms with Crippen LogP contribution in [0.15, 0.2) is 35.7 Å². The number of rotatable bonds is 5. The van der Waals surface area contributed by atoms with Crippen LogP contribution < -0.4 is 5.32 Å². The molecule has 0 unspecified atom stereocenters. The van der Waals surface area contributed by atoms with Crippen LogP contribution in [0.25, 0.3) is 5.69 Å². The first-order valence-corrected chi connectivity index (χ1v) is 9.97. The number of imidazole rings is 1. The molecule has 1 aliphatic carbocycles. The van der Waals surface area contributed by atoms with E-state index in [4.69, 9.17) is 0 Å². The van der Waals surface area contributed by atoms with Gasteiger partial charge in [0.1, 0.15) is 5.54 Å². The predicted octanol–water partition coefficient (Wildman–Crippen LogP) is 3.92. The molecule has 1 saturated carbocycles. The fraction of sp³-hybridized carbons (Fsp3) is 0.450. The van der Waals surface area contributed by atoms with Gasteiger partial charge in [-0.1, -0.05) is 37.1 Å². The summed E-state index contributed by atoms with van der Waals surface area (Å²) in [6.45, 7) is 4.14. The lowest BCUT2D eigenvalue weighted by Gasteiger charge is -2.31. The molecule has 1 heterocycles. The minimum atomic E-state index is -0.682. The van der Waals surface area contributed by atoms with Crippen molar-refractivity contribution < 1.29 is 4.79 Å². The Labute approximate surface area is 158 Å². The maximum atomic E-state index is 12.4. The molecule has 1 aromatic heterocycles. The molecule has 0 atom stereocenters. The molecule has 1 fully saturated rings. The van der Waals surface area contributed by atoms with E-state index in [0.717, 1.165) is 42.9 Å². The van der Waals surface area contributed by atoms with Crippen LogP contribution >= 0.6 is 11.8 Å². The molecule has 0 bridgehead atoms. The first-order valence-electron chi connectivity index (χ1n) is 8.98. The molecule has 1 aliphatic rings. The summed E-state index contributed by atoms with van der Waals surface area (Å²) in [6, 6.07) is 8.67. The van der Waals surface area contributed by atoms with Crippen molar-refractivity contribution in [2.75, 3.05) is 5.75 Å². The molecule has 0 spiro atoms. The van der Waals surface area contributed by atoms with Gasteiger partial charge in [0.15, 0.2) is 5.16 Å². The van der Waals surface area contributed by atoms with Crippen LogP contribution in [-0.4, -0.2) is 26.8 Å². The number of hydrogen-bond acceptors (Lipinski definition) is 4. The summed E-state index contributed by atoms with van der Waals surface area (Å²) >= 11 is 1.40. The highest BCUT2D eigenvalue weighted by atomic mass is 32.2. The Morgan fingerprint density at radius 2 is 1.96 bits per heavy atom. The molecule has 2 aromatic rings. The molecular formula is C20H24N4OS. The maximum absolute atomic E-state index is 12.4. The van der Waals surface area contributed by atoms with Gasteiger partial charge in [0, 0.05) is 18.1 Å². The number of carbonyl (C=O) groups excluding carboxylic acids is 1. The largest absolute Gasteiger partial charge is 0.337 e. The molecule has 1 aromatic carbocycles. The number of carbonyl (C=O) groups is 1. The zero-order chi connectivity index (χ0) is 18.6. The highest BCUT2D eigenvalue weighted by Crippen LogP contribution is 2.28. The van der Waals surface area contributed by atoms with Crippen molar-refractivity contribution in [3.63, 3.8) is 0 Å². The third-order valence-electron chi connectivity index (χ3n) is 4.72. The summed E-state index contributed by atoms with van der Waals surface area (Å²) < 4.78 is 2.00. The molecule has 5 nitrogen and oxygen atoms in total. The molecule has 1 N–H and O–H groups in total. The first kappa shape index (κ1) is 18.5. The van der Waals surface area contributed by atoms with E-state index in [1.165, 1.54) is 22.9 Å². The summed E-state index contributed by atoms with van der Waals surface area (Å²) in [7, 11) is 0. The summed E-state index contributed by atoms with van der Waals surface area (Å²) in [5, 5.41) is 13.2. The average Bonchev–Trinajstić information content (AvgIpc) is 3.08. The predicted molar refractivity (Wildman–Crippen MR) is 103 cm³/mol. The lowest BCUT2D eigenvalue weighted by atomic mass is 9.83. The lowest BCUT2D eigenvalue weighted by Crippen LogP contribution is -2.49. The van der Waals surface area contributed by atoms with Gasteiger partial charge < -0.3 is 5.32 Å². The number of benzene rings is 1. The number of aryl methyl sites for hydroxylation is 2. The summed E-state index contributed by atoms with van der Waals surface area (Å²) in [5.41, 5.74) is 2.74. The van der Waals surface area contributed by atoms with Gasteiger partial charge in [-0.2, -0.15) is 5.26 Å². The Kier molecular flexibility index (Phi) is 5.67. The SMILES string of the molecule is Cc1cc(C)cc(-n2ccnc2SCC(=O)NC2(C#N)CCCCC2)c1. The van der Waals surface area contributed by atoms with Crippen molar-refractivity contribution in [1.82, 2.24) is 14.9 Å². The summed E-state index contributed by atoms with van der Waals surface area (Å²) in [6.07, 6.45) is 8.29. The number of hydrogen-bond donors (Lipinski definition) is 1. The Morgan fingerprint density at radius 3 is 2.62 bits per heavy atom.